The van der Waals surface area contributed by atoms with Gasteiger partial charge in [0.1, 0.15) is 0 Å². The molecule has 0 saturated heterocycles. The number of aliphatic hydroxyl groups excluding tert-OH is 1. The number of hydrogen-bond donors (Lipinski definition) is 2. The lowest BCUT2D eigenvalue weighted by Crippen LogP contribution is -2.32. The summed E-state index contributed by atoms with van der Waals surface area (Å²) in [4.78, 5) is 1.45. The van der Waals surface area contributed by atoms with Gasteiger partial charge in [-0.25, -0.2) is 0 Å². The molecule has 2 atom stereocenters. The van der Waals surface area contributed by atoms with E-state index >= 15 is 0 Å². The molecule has 0 aromatic carbocycles. The summed E-state index contributed by atoms with van der Waals surface area (Å²) in [6.07, 6.45) is 3.54. The molecule has 1 heterocycles. The third-order valence-electron chi connectivity index (χ3n) is 2.97. The first-order valence-corrected chi connectivity index (χ1v) is 6.59. The van der Waals surface area contributed by atoms with E-state index in [1.165, 1.54) is 17.7 Å². The van der Waals surface area contributed by atoms with Gasteiger partial charge in [0, 0.05) is 23.6 Å². The van der Waals surface area contributed by atoms with Crippen LogP contribution in [0, 0.1) is 5.92 Å². The van der Waals surface area contributed by atoms with Gasteiger partial charge in [-0.05, 0) is 43.6 Å². The van der Waals surface area contributed by atoms with Crippen molar-refractivity contribution in [1.82, 2.24) is 5.32 Å². The summed E-state index contributed by atoms with van der Waals surface area (Å²) < 4.78 is 0. The van der Waals surface area contributed by atoms with Crippen LogP contribution in [0.5, 0.6) is 0 Å². The van der Waals surface area contributed by atoms with Crippen molar-refractivity contribution in [3.63, 3.8) is 0 Å². The molecule has 0 amide bonds. The number of hydrogen-bond acceptors (Lipinski definition) is 3. The molecule has 0 radical (unpaired) electrons. The van der Waals surface area contributed by atoms with Crippen molar-refractivity contribution in [1.29, 1.82) is 0 Å². The quantitative estimate of drug-likeness (QED) is 0.780. The average Bonchev–Trinajstić information content (AvgIpc) is 2.90. The molecule has 84 valence electrons. The summed E-state index contributed by atoms with van der Waals surface area (Å²) in [6.45, 7) is 2.43. The van der Waals surface area contributed by atoms with Crippen LogP contribution in [0.15, 0.2) is 17.5 Å². The van der Waals surface area contributed by atoms with Gasteiger partial charge in [0.15, 0.2) is 0 Å². The van der Waals surface area contributed by atoms with Crippen LogP contribution in [0.25, 0.3) is 0 Å². The van der Waals surface area contributed by atoms with Gasteiger partial charge < -0.3 is 10.4 Å². The van der Waals surface area contributed by atoms with Crippen LogP contribution in [0.2, 0.25) is 0 Å². The number of aliphatic hydroxyl groups is 1. The lowest BCUT2D eigenvalue weighted by atomic mass is 10.1. The number of rotatable bonds is 6. The lowest BCUT2D eigenvalue weighted by Gasteiger charge is -2.21. The Morgan fingerprint density at radius 3 is 2.93 bits per heavy atom. The summed E-state index contributed by atoms with van der Waals surface area (Å²) in [6, 6.07) is 5.26. The fourth-order valence-electron chi connectivity index (χ4n) is 1.93. The molecular formula is C12H19NOS. The van der Waals surface area contributed by atoms with E-state index in [4.69, 9.17) is 5.11 Å². The van der Waals surface area contributed by atoms with E-state index in [9.17, 15) is 0 Å². The first kappa shape index (κ1) is 11.1. The van der Waals surface area contributed by atoms with Crippen LogP contribution < -0.4 is 5.32 Å². The molecule has 1 aromatic rings. The van der Waals surface area contributed by atoms with Crippen molar-refractivity contribution in [2.45, 2.75) is 38.3 Å². The van der Waals surface area contributed by atoms with Crippen LogP contribution in [0.3, 0.4) is 0 Å². The average molecular weight is 225 g/mol. The first-order chi connectivity index (χ1) is 7.31. The minimum Gasteiger partial charge on any atom is -0.396 e. The van der Waals surface area contributed by atoms with Gasteiger partial charge in [0.25, 0.3) is 0 Å². The van der Waals surface area contributed by atoms with Crippen LogP contribution in [-0.4, -0.2) is 17.8 Å². The minimum atomic E-state index is 0.274. The fourth-order valence-corrected chi connectivity index (χ4v) is 2.81. The zero-order valence-electron chi connectivity index (χ0n) is 9.15. The van der Waals surface area contributed by atoms with Crippen LogP contribution in [0.4, 0.5) is 0 Å². The highest BCUT2D eigenvalue weighted by molar-refractivity contribution is 7.10. The van der Waals surface area contributed by atoms with Crippen molar-refractivity contribution in [2.75, 3.05) is 6.61 Å². The maximum Gasteiger partial charge on any atom is 0.0445 e. The SMILES string of the molecule is CC(CCO)NC(c1cccs1)C1CC1. The molecule has 2 rings (SSSR count). The van der Waals surface area contributed by atoms with E-state index in [-0.39, 0.29) is 6.61 Å². The van der Waals surface area contributed by atoms with Gasteiger partial charge in [-0.2, -0.15) is 0 Å². The van der Waals surface area contributed by atoms with Gasteiger partial charge in [-0.15, -0.1) is 11.3 Å². The van der Waals surface area contributed by atoms with Crippen molar-refractivity contribution < 1.29 is 5.11 Å². The smallest absolute Gasteiger partial charge is 0.0445 e. The first-order valence-electron chi connectivity index (χ1n) is 5.71. The van der Waals surface area contributed by atoms with Gasteiger partial charge in [0.05, 0.1) is 0 Å². The predicted octanol–water partition coefficient (Wildman–Crippen LogP) is 2.56. The number of nitrogens with one attached hydrogen (secondary N) is 1. The molecule has 0 spiro atoms. The Kier molecular flexibility index (Phi) is 3.78. The van der Waals surface area contributed by atoms with E-state index in [0.29, 0.717) is 12.1 Å². The Morgan fingerprint density at radius 1 is 1.60 bits per heavy atom. The second kappa shape index (κ2) is 5.10. The monoisotopic (exact) mass is 225 g/mol. The molecule has 0 bridgehead atoms. The van der Waals surface area contributed by atoms with Crippen LogP contribution in [-0.2, 0) is 0 Å². The second-order valence-corrected chi connectivity index (χ2v) is 5.39. The van der Waals surface area contributed by atoms with Gasteiger partial charge in [0.2, 0.25) is 0 Å². The standard InChI is InChI=1S/C12H19NOS/c1-9(6-7-14)13-12(10-4-5-10)11-3-2-8-15-11/h2-3,8-10,12-14H,4-7H2,1H3. The molecule has 2 N–H and O–H groups in total. The Hall–Kier alpha value is -0.380. The third kappa shape index (κ3) is 3.03. The topological polar surface area (TPSA) is 32.3 Å². The van der Waals surface area contributed by atoms with E-state index < -0.39 is 0 Å². The normalized spacial score (nSPS) is 20.1. The molecule has 1 aliphatic rings. The summed E-state index contributed by atoms with van der Waals surface area (Å²) in [5, 5.41) is 14.7. The van der Waals surface area contributed by atoms with Crippen molar-refractivity contribution in [3.8, 4) is 0 Å². The second-order valence-electron chi connectivity index (χ2n) is 4.41. The molecule has 15 heavy (non-hydrogen) atoms. The molecule has 1 aromatic heterocycles. The van der Waals surface area contributed by atoms with E-state index in [1.54, 1.807) is 0 Å². The summed E-state index contributed by atoms with van der Waals surface area (Å²) >= 11 is 1.83. The summed E-state index contributed by atoms with van der Waals surface area (Å²) in [7, 11) is 0. The fraction of sp³-hybridized carbons (Fsp3) is 0.667. The zero-order valence-corrected chi connectivity index (χ0v) is 9.96. The molecule has 1 aliphatic carbocycles. The Labute approximate surface area is 95.3 Å². The van der Waals surface area contributed by atoms with E-state index in [0.717, 1.165) is 12.3 Å². The molecular weight excluding hydrogens is 206 g/mol. The number of thiophene rings is 1. The van der Waals surface area contributed by atoms with Crippen LogP contribution >= 0.6 is 11.3 Å². The highest BCUT2D eigenvalue weighted by Crippen LogP contribution is 2.42. The van der Waals surface area contributed by atoms with Crippen molar-refractivity contribution in [2.24, 2.45) is 5.92 Å². The maximum atomic E-state index is 8.90. The Balaban J connectivity index is 1.95. The van der Waals surface area contributed by atoms with Gasteiger partial charge in [-0.1, -0.05) is 6.07 Å². The van der Waals surface area contributed by atoms with Gasteiger partial charge >= 0.3 is 0 Å². The Bertz CT molecular complexity index is 282. The molecule has 2 unspecified atom stereocenters. The molecule has 3 heteroatoms. The summed E-state index contributed by atoms with van der Waals surface area (Å²) in [5.74, 6) is 0.824. The summed E-state index contributed by atoms with van der Waals surface area (Å²) in [5.41, 5.74) is 0. The third-order valence-corrected chi connectivity index (χ3v) is 3.92. The molecule has 1 saturated carbocycles. The van der Waals surface area contributed by atoms with Crippen molar-refractivity contribution in [3.05, 3.63) is 22.4 Å². The molecule has 1 fully saturated rings. The largest absolute Gasteiger partial charge is 0.396 e. The predicted molar refractivity (Wildman–Crippen MR) is 64.1 cm³/mol. The van der Waals surface area contributed by atoms with E-state index in [2.05, 4.69) is 29.8 Å². The van der Waals surface area contributed by atoms with Crippen molar-refractivity contribution >= 4 is 11.3 Å². The zero-order chi connectivity index (χ0) is 10.7. The Morgan fingerprint density at radius 2 is 2.40 bits per heavy atom. The minimum absolute atomic E-state index is 0.274. The maximum absolute atomic E-state index is 8.90. The molecule has 2 nitrogen and oxygen atoms in total. The van der Waals surface area contributed by atoms with Gasteiger partial charge in [-0.3, -0.25) is 0 Å². The van der Waals surface area contributed by atoms with Crippen LogP contribution in [0.1, 0.15) is 37.1 Å². The highest BCUT2D eigenvalue weighted by Gasteiger charge is 2.33. The molecule has 0 aliphatic heterocycles. The van der Waals surface area contributed by atoms with E-state index in [1.807, 2.05) is 11.3 Å². The highest BCUT2D eigenvalue weighted by atomic mass is 32.1. The lowest BCUT2D eigenvalue weighted by molar-refractivity contribution is 0.260.